The lowest BCUT2D eigenvalue weighted by molar-refractivity contribution is 0.158. The number of rotatable bonds is 7. The predicted molar refractivity (Wildman–Crippen MR) is 129 cm³/mol. The molecule has 0 radical (unpaired) electrons. The average molecular weight is 449 g/mol. The number of benzene rings is 1. The first-order chi connectivity index (χ1) is 16.1. The molecule has 8 heteroatoms. The lowest BCUT2D eigenvalue weighted by Crippen LogP contribution is -2.41. The summed E-state index contributed by atoms with van der Waals surface area (Å²) in [4.78, 5) is 11.3. The average Bonchev–Trinajstić information content (AvgIpc) is 3.28. The molecule has 1 fully saturated rings. The molecule has 1 aliphatic heterocycles. The van der Waals surface area contributed by atoms with E-state index < -0.39 is 6.17 Å². The lowest BCUT2D eigenvalue weighted by Gasteiger charge is -2.32. The van der Waals surface area contributed by atoms with Gasteiger partial charge in [-0.3, -0.25) is 4.98 Å². The van der Waals surface area contributed by atoms with Crippen LogP contribution >= 0.6 is 0 Å². The molecule has 0 saturated carbocycles. The summed E-state index contributed by atoms with van der Waals surface area (Å²) in [6, 6.07) is 12.5. The normalized spacial score (nSPS) is 16.3. The second-order valence-electron chi connectivity index (χ2n) is 8.60. The Morgan fingerprint density at radius 1 is 1.21 bits per heavy atom. The number of nitrogens with zero attached hydrogens (tertiary/aromatic N) is 5. The van der Waals surface area contributed by atoms with Crippen molar-refractivity contribution in [3.05, 3.63) is 48.8 Å². The summed E-state index contributed by atoms with van der Waals surface area (Å²) in [7, 11) is 1.63. The summed E-state index contributed by atoms with van der Waals surface area (Å²) < 4.78 is 21.2. The Morgan fingerprint density at radius 3 is 2.85 bits per heavy atom. The largest absolute Gasteiger partial charge is 0.479 e. The molecule has 0 amide bonds. The van der Waals surface area contributed by atoms with E-state index in [0.29, 0.717) is 24.8 Å². The van der Waals surface area contributed by atoms with Crippen molar-refractivity contribution in [3.63, 3.8) is 0 Å². The van der Waals surface area contributed by atoms with E-state index in [4.69, 9.17) is 9.84 Å². The van der Waals surface area contributed by atoms with Gasteiger partial charge in [0, 0.05) is 49.0 Å². The zero-order chi connectivity index (χ0) is 22.8. The van der Waals surface area contributed by atoms with Gasteiger partial charge in [-0.15, -0.1) is 5.10 Å². The highest BCUT2D eigenvalue weighted by Gasteiger charge is 2.23. The molecule has 1 aromatic carbocycles. The molecule has 1 atom stereocenters. The molecule has 4 aromatic rings. The van der Waals surface area contributed by atoms with Crippen molar-refractivity contribution in [2.24, 2.45) is 0 Å². The van der Waals surface area contributed by atoms with Crippen molar-refractivity contribution >= 4 is 22.4 Å². The van der Waals surface area contributed by atoms with E-state index >= 15 is 0 Å². The van der Waals surface area contributed by atoms with Gasteiger partial charge in [0.2, 0.25) is 11.8 Å². The van der Waals surface area contributed by atoms with Crippen LogP contribution in [0.4, 0.5) is 10.3 Å². The molecule has 0 bridgehead atoms. The first-order valence-corrected chi connectivity index (χ1v) is 11.6. The third-order valence-electron chi connectivity index (χ3n) is 6.41. The molecule has 33 heavy (non-hydrogen) atoms. The highest BCUT2D eigenvalue weighted by molar-refractivity contribution is 5.90. The molecule has 1 saturated heterocycles. The summed E-state index contributed by atoms with van der Waals surface area (Å²) in [5, 5.41) is 9.23. The standard InChI is InChI=1S/C25H29FN6O/c1-3-19(26)16-31-12-8-20(9-13-31)28-25-29-24(33-2)23-21(10-14-32(23)30-25)17-6-7-22-18(15-17)5-4-11-27-22/h4-7,10-11,14-15,19-20H,3,8-9,12-13,16H2,1-2H3,(H,28,30). The number of aromatic nitrogens is 4. The van der Waals surface area contributed by atoms with Crippen molar-refractivity contribution in [2.45, 2.75) is 38.4 Å². The van der Waals surface area contributed by atoms with Gasteiger partial charge in [0.05, 0.1) is 12.6 Å². The minimum atomic E-state index is -0.744. The van der Waals surface area contributed by atoms with Crippen LogP contribution in [0, 0.1) is 0 Å². The summed E-state index contributed by atoms with van der Waals surface area (Å²) in [6.45, 7) is 4.17. The van der Waals surface area contributed by atoms with E-state index in [0.717, 1.165) is 53.5 Å². The number of pyridine rings is 1. The van der Waals surface area contributed by atoms with Crippen molar-refractivity contribution in [1.29, 1.82) is 0 Å². The van der Waals surface area contributed by atoms with Gasteiger partial charge in [-0.25, -0.2) is 8.91 Å². The van der Waals surface area contributed by atoms with Gasteiger partial charge < -0.3 is 15.0 Å². The Labute approximate surface area is 192 Å². The fraction of sp³-hybridized carbons (Fsp3) is 0.400. The quantitative estimate of drug-likeness (QED) is 0.447. The van der Waals surface area contributed by atoms with Gasteiger partial charge in [0.25, 0.3) is 0 Å². The van der Waals surface area contributed by atoms with Crippen LogP contribution in [0.5, 0.6) is 5.88 Å². The summed E-state index contributed by atoms with van der Waals surface area (Å²) in [6.07, 6.45) is 5.42. The molecule has 172 valence electrons. The molecule has 1 unspecified atom stereocenters. The molecule has 1 aliphatic rings. The number of methoxy groups -OCH3 is 1. The Bertz CT molecular complexity index is 1250. The molecule has 5 rings (SSSR count). The van der Waals surface area contributed by atoms with Gasteiger partial charge in [-0.05, 0) is 49.1 Å². The minimum absolute atomic E-state index is 0.256. The van der Waals surface area contributed by atoms with Gasteiger partial charge in [-0.2, -0.15) is 4.98 Å². The number of halogens is 1. The topological polar surface area (TPSA) is 67.6 Å². The van der Waals surface area contributed by atoms with E-state index in [1.807, 2.05) is 35.8 Å². The van der Waals surface area contributed by atoms with Crippen molar-refractivity contribution in [3.8, 4) is 17.0 Å². The highest BCUT2D eigenvalue weighted by atomic mass is 19.1. The minimum Gasteiger partial charge on any atom is -0.479 e. The first kappa shape index (κ1) is 21.6. The van der Waals surface area contributed by atoms with E-state index in [2.05, 4.69) is 38.4 Å². The zero-order valence-corrected chi connectivity index (χ0v) is 19.0. The molecular formula is C25H29FN6O. The van der Waals surface area contributed by atoms with Crippen LogP contribution in [0.25, 0.3) is 27.5 Å². The summed E-state index contributed by atoms with van der Waals surface area (Å²) in [5.74, 6) is 1.07. The number of fused-ring (bicyclic) bond motifs is 2. The maximum atomic E-state index is 13.7. The van der Waals surface area contributed by atoms with Crippen LogP contribution < -0.4 is 10.1 Å². The van der Waals surface area contributed by atoms with Crippen LogP contribution in [-0.4, -0.2) is 63.4 Å². The Hall–Kier alpha value is -3.26. The van der Waals surface area contributed by atoms with Crippen LogP contribution in [0.2, 0.25) is 0 Å². The lowest BCUT2D eigenvalue weighted by atomic mass is 10.0. The van der Waals surface area contributed by atoms with E-state index in [9.17, 15) is 4.39 Å². The number of likely N-dealkylation sites (tertiary alicyclic amines) is 1. The van der Waals surface area contributed by atoms with E-state index in [1.54, 1.807) is 13.3 Å². The number of alkyl halides is 1. The fourth-order valence-corrected chi connectivity index (χ4v) is 4.52. The number of hydrogen-bond donors (Lipinski definition) is 1. The second-order valence-corrected chi connectivity index (χ2v) is 8.60. The first-order valence-electron chi connectivity index (χ1n) is 11.6. The number of hydrogen-bond acceptors (Lipinski definition) is 6. The molecule has 0 spiro atoms. The summed E-state index contributed by atoms with van der Waals surface area (Å²) >= 11 is 0. The molecule has 0 aliphatic carbocycles. The van der Waals surface area contributed by atoms with Crippen LogP contribution in [-0.2, 0) is 0 Å². The van der Waals surface area contributed by atoms with Crippen molar-refractivity contribution in [2.75, 3.05) is 32.1 Å². The third kappa shape index (κ3) is 4.48. The number of anilines is 1. The van der Waals surface area contributed by atoms with Gasteiger partial charge in [0.1, 0.15) is 11.7 Å². The summed E-state index contributed by atoms with van der Waals surface area (Å²) in [5.41, 5.74) is 3.86. The van der Waals surface area contributed by atoms with Gasteiger partial charge in [0.15, 0.2) is 0 Å². The monoisotopic (exact) mass is 448 g/mol. The highest BCUT2D eigenvalue weighted by Crippen LogP contribution is 2.33. The van der Waals surface area contributed by atoms with Crippen LogP contribution in [0.1, 0.15) is 26.2 Å². The Balaban J connectivity index is 1.37. The molecule has 4 heterocycles. The van der Waals surface area contributed by atoms with Crippen molar-refractivity contribution < 1.29 is 9.13 Å². The number of ether oxygens (including phenoxy) is 1. The Kier molecular flexibility index (Phi) is 6.09. The predicted octanol–water partition coefficient (Wildman–Crippen LogP) is 4.58. The van der Waals surface area contributed by atoms with E-state index in [-0.39, 0.29) is 6.04 Å². The smallest absolute Gasteiger partial charge is 0.244 e. The maximum absolute atomic E-state index is 13.7. The molecular weight excluding hydrogens is 419 g/mol. The number of nitrogens with one attached hydrogen (secondary N) is 1. The van der Waals surface area contributed by atoms with Crippen LogP contribution in [0.15, 0.2) is 48.8 Å². The fourth-order valence-electron chi connectivity index (χ4n) is 4.52. The second kappa shape index (κ2) is 9.31. The van der Waals surface area contributed by atoms with Crippen molar-refractivity contribution in [1.82, 2.24) is 24.5 Å². The van der Waals surface area contributed by atoms with Crippen LogP contribution in [0.3, 0.4) is 0 Å². The zero-order valence-electron chi connectivity index (χ0n) is 19.0. The van der Waals surface area contributed by atoms with Gasteiger partial charge in [-0.1, -0.05) is 19.1 Å². The molecule has 3 aromatic heterocycles. The third-order valence-corrected chi connectivity index (χ3v) is 6.41. The van der Waals surface area contributed by atoms with E-state index in [1.165, 1.54) is 0 Å². The Morgan fingerprint density at radius 2 is 2.06 bits per heavy atom. The number of piperidine rings is 1. The molecule has 7 nitrogen and oxygen atoms in total. The van der Waals surface area contributed by atoms with Gasteiger partial charge >= 0.3 is 0 Å². The molecule has 1 N–H and O–H groups in total. The SMILES string of the molecule is CCC(F)CN1CCC(Nc2nc(OC)c3c(-c4ccc5ncccc5c4)ccn3n2)CC1. The maximum Gasteiger partial charge on any atom is 0.244 e.